The summed E-state index contributed by atoms with van der Waals surface area (Å²) in [6.45, 7) is 4.31. The fourth-order valence-corrected chi connectivity index (χ4v) is 3.89. The van der Waals surface area contributed by atoms with Crippen LogP contribution >= 0.6 is 0 Å². The second-order valence-corrected chi connectivity index (χ2v) is 9.05. The van der Waals surface area contributed by atoms with Gasteiger partial charge in [0, 0.05) is 13.6 Å². The molecule has 6 nitrogen and oxygen atoms in total. The van der Waals surface area contributed by atoms with Crippen molar-refractivity contribution < 1.29 is 17.6 Å². The molecule has 0 saturated carbocycles. The van der Waals surface area contributed by atoms with Crippen molar-refractivity contribution in [2.75, 3.05) is 7.05 Å². The number of sulfonamides is 1. The molecule has 1 aromatic heterocycles. The molecule has 0 atom stereocenters. The normalized spacial score (nSPS) is 11.6. The van der Waals surface area contributed by atoms with Gasteiger partial charge in [0.15, 0.2) is 5.76 Å². The SMILES string of the molecule is Cc1ccc(CNC(=O)c2ccc(CN(C)S(=O)(=O)c3ccc(C)cc3)o2)cc1. The van der Waals surface area contributed by atoms with Crippen LogP contribution in [-0.4, -0.2) is 25.7 Å². The molecule has 3 rings (SSSR count). The van der Waals surface area contributed by atoms with Gasteiger partial charge in [0.2, 0.25) is 10.0 Å². The highest BCUT2D eigenvalue weighted by Gasteiger charge is 2.22. The van der Waals surface area contributed by atoms with Crippen LogP contribution in [0.4, 0.5) is 0 Å². The summed E-state index contributed by atoms with van der Waals surface area (Å²) in [5, 5.41) is 2.80. The number of carbonyl (C=O) groups is 1. The molecule has 1 amide bonds. The number of benzene rings is 2. The van der Waals surface area contributed by atoms with Crippen LogP contribution in [-0.2, 0) is 23.1 Å². The van der Waals surface area contributed by atoms with E-state index >= 15 is 0 Å². The zero-order valence-corrected chi connectivity index (χ0v) is 17.5. The smallest absolute Gasteiger partial charge is 0.287 e. The van der Waals surface area contributed by atoms with E-state index in [1.54, 1.807) is 36.4 Å². The van der Waals surface area contributed by atoms with Crippen molar-refractivity contribution in [1.29, 1.82) is 0 Å². The van der Waals surface area contributed by atoms with E-state index in [0.29, 0.717) is 12.3 Å². The average molecular weight is 413 g/mol. The van der Waals surface area contributed by atoms with Crippen molar-refractivity contribution in [3.63, 3.8) is 0 Å². The fraction of sp³-hybridized carbons (Fsp3) is 0.227. The molecule has 7 heteroatoms. The summed E-state index contributed by atoms with van der Waals surface area (Å²) in [5.41, 5.74) is 3.12. The van der Waals surface area contributed by atoms with E-state index in [1.165, 1.54) is 11.4 Å². The van der Waals surface area contributed by atoms with Crippen molar-refractivity contribution in [1.82, 2.24) is 9.62 Å². The molecule has 0 aliphatic rings. The van der Waals surface area contributed by atoms with E-state index < -0.39 is 10.0 Å². The summed E-state index contributed by atoms with van der Waals surface area (Å²) in [7, 11) is -2.16. The van der Waals surface area contributed by atoms with Crippen molar-refractivity contribution >= 4 is 15.9 Å². The molecule has 29 heavy (non-hydrogen) atoms. The Morgan fingerprint density at radius 2 is 1.52 bits per heavy atom. The van der Waals surface area contributed by atoms with Gasteiger partial charge in [0.1, 0.15) is 5.76 Å². The predicted molar refractivity (Wildman–Crippen MR) is 111 cm³/mol. The number of aryl methyl sites for hydroxylation is 2. The molecule has 0 unspecified atom stereocenters. The highest BCUT2D eigenvalue weighted by Crippen LogP contribution is 2.18. The molecule has 3 aromatic rings. The Kier molecular flexibility index (Phi) is 6.20. The number of amides is 1. The lowest BCUT2D eigenvalue weighted by Crippen LogP contribution is -2.26. The van der Waals surface area contributed by atoms with Gasteiger partial charge in [-0.3, -0.25) is 4.79 Å². The van der Waals surface area contributed by atoms with Crippen LogP contribution in [0.25, 0.3) is 0 Å². The van der Waals surface area contributed by atoms with Crippen LogP contribution in [0.5, 0.6) is 0 Å². The van der Waals surface area contributed by atoms with Gasteiger partial charge in [0.05, 0.1) is 11.4 Å². The molecule has 0 radical (unpaired) electrons. The third kappa shape index (κ3) is 5.13. The zero-order chi connectivity index (χ0) is 21.0. The maximum absolute atomic E-state index is 12.7. The lowest BCUT2D eigenvalue weighted by Gasteiger charge is -2.16. The van der Waals surface area contributed by atoms with Gasteiger partial charge < -0.3 is 9.73 Å². The van der Waals surface area contributed by atoms with Crippen molar-refractivity contribution in [3.8, 4) is 0 Å². The Labute approximate surface area is 171 Å². The van der Waals surface area contributed by atoms with Crippen LogP contribution in [0.3, 0.4) is 0 Å². The molecule has 0 bridgehead atoms. The lowest BCUT2D eigenvalue weighted by molar-refractivity contribution is 0.0920. The van der Waals surface area contributed by atoms with Crippen LogP contribution in [0.2, 0.25) is 0 Å². The summed E-state index contributed by atoms with van der Waals surface area (Å²) < 4.78 is 32.1. The molecule has 0 saturated heterocycles. The molecule has 0 fully saturated rings. The van der Waals surface area contributed by atoms with E-state index in [2.05, 4.69) is 5.32 Å². The Balaban J connectivity index is 1.62. The maximum atomic E-state index is 12.7. The number of carbonyl (C=O) groups excluding carboxylic acids is 1. The van der Waals surface area contributed by atoms with Crippen LogP contribution in [0.15, 0.2) is 70.0 Å². The van der Waals surface area contributed by atoms with E-state index in [1.807, 2.05) is 38.1 Å². The standard InChI is InChI=1S/C22H24N2O4S/c1-16-4-8-18(9-5-16)14-23-22(25)21-13-10-19(28-21)15-24(3)29(26,27)20-11-6-17(2)7-12-20/h4-13H,14-15H2,1-3H3,(H,23,25). The highest BCUT2D eigenvalue weighted by atomic mass is 32.2. The van der Waals surface area contributed by atoms with Crippen LogP contribution in [0, 0.1) is 13.8 Å². The number of hydrogen-bond donors (Lipinski definition) is 1. The zero-order valence-electron chi connectivity index (χ0n) is 16.7. The van der Waals surface area contributed by atoms with Gasteiger partial charge in [0.25, 0.3) is 5.91 Å². The maximum Gasteiger partial charge on any atom is 0.287 e. The van der Waals surface area contributed by atoms with Gasteiger partial charge in [-0.1, -0.05) is 47.5 Å². The topological polar surface area (TPSA) is 79.6 Å². The molecular formula is C22H24N2O4S. The largest absolute Gasteiger partial charge is 0.455 e. The van der Waals surface area contributed by atoms with Crippen molar-refractivity contribution in [2.24, 2.45) is 0 Å². The number of rotatable bonds is 7. The molecule has 1 N–H and O–H groups in total. The Morgan fingerprint density at radius 1 is 0.931 bits per heavy atom. The van der Waals surface area contributed by atoms with E-state index in [9.17, 15) is 13.2 Å². The molecule has 0 spiro atoms. The first-order valence-electron chi connectivity index (χ1n) is 9.21. The monoisotopic (exact) mass is 412 g/mol. The Bertz CT molecular complexity index is 1080. The van der Waals surface area contributed by atoms with Gasteiger partial charge in [-0.25, -0.2) is 8.42 Å². The number of furan rings is 1. The van der Waals surface area contributed by atoms with Crippen molar-refractivity contribution in [2.45, 2.75) is 31.8 Å². The number of nitrogens with zero attached hydrogens (tertiary/aromatic N) is 1. The summed E-state index contributed by atoms with van der Waals surface area (Å²) in [4.78, 5) is 12.5. The molecule has 1 heterocycles. The van der Waals surface area contributed by atoms with Crippen LogP contribution in [0.1, 0.15) is 33.0 Å². The van der Waals surface area contributed by atoms with E-state index in [0.717, 1.165) is 16.7 Å². The second kappa shape index (κ2) is 8.63. The Hall–Kier alpha value is -2.90. The molecule has 0 aliphatic heterocycles. The first-order valence-corrected chi connectivity index (χ1v) is 10.6. The first kappa shape index (κ1) is 20.8. The lowest BCUT2D eigenvalue weighted by atomic mass is 10.1. The summed E-state index contributed by atoms with van der Waals surface area (Å²) in [5.74, 6) is 0.192. The summed E-state index contributed by atoms with van der Waals surface area (Å²) in [6.07, 6.45) is 0. The van der Waals surface area contributed by atoms with Crippen molar-refractivity contribution in [3.05, 3.63) is 88.9 Å². The summed E-state index contributed by atoms with van der Waals surface area (Å²) >= 11 is 0. The van der Waals surface area contributed by atoms with E-state index in [4.69, 9.17) is 4.42 Å². The van der Waals surface area contributed by atoms with Gasteiger partial charge in [-0.05, 0) is 43.7 Å². The summed E-state index contributed by atoms with van der Waals surface area (Å²) in [6, 6.07) is 17.7. The molecule has 2 aromatic carbocycles. The minimum absolute atomic E-state index is 0.0292. The third-order valence-corrected chi connectivity index (χ3v) is 6.38. The Morgan fingerprint density at radius 3 is 2.14 bits per heavy atom. The fourth-order valence-electron chi connectivity index (χ4n) is 2.75. The first-order chi connectivity index (χ1) is 13.8. The van der Waals surface area contributed by atoms with Crippen LogP contribution < -0.4 is 5.32 Å². The van der Waals surface area contributed by atoms with Gasteiger partial charge in [-0.15, -0.1) is 0 Å². The van der Waals surface area contributed by atoms with E-state index in [-0.39, 0.29) is 23.1 Å². The minimum atomic E-state index is -3.64. The highest BCUT2D eigenvalue weighted by molar-refractivity contribution is 7.89. The molecule has 152 valence electrons. The van der Waals surface area contributed by atoms with Gasteiger partial charge >= 0.3 is 0 Å². The minimum Gasteiger partial charge on any atom is -0.455 e. The third-order valence-electron chi connectivity index (χ3n) is 4.57. The quantitative estimate of drug-likeness (QED) is 0.642. The number of hydrogen-bond acceptors (Lipinski definition) is 4. The number of nitrogens with one attached hydrogen (secondary N) is 1. The predicted octanol–water partition coefficient (Wildman–Crippen LogP) is 3.65. The average Bonchev–Trinajstić information content (AvgIpc) is 3.16. The van der Waals surface area contributed by atoms with Gasteiger partial charge in [-0.2, -0.15) is 4.31 Å². The second-order valence-electron chi connectivity index (χ2n) is 7.01. The molecular weight excluding hydrogens is 388 g/mol. The molecule has 0 aliphatic carbocycles.